The van der Waals surface area contributed by atoms with Crippen molar-refractivity contribution in [3.05, 3.63) is 29.1 Å². The largest absolute Gasteiger partial charge is 0.350 e. The van der Waals surface area contributed by atoms with Crippen molar-refractivity contribution in [3.63, 3.8) is 0 Å². The minimum atomic E-state index is 0.557. The monoisotopic (exact) mass is 224 g/mol. The SMILES string of the molecule is Clc1cnc(NCC2=CCNCC2)nc1. The molecule has 2 heterocycles. The summed E-state index contributed by atoms with van der Waals surface area (Å²) in [6, 6.07) is 0. The van der Waals surface area contributed by atoms with Gasteiger partial charge in [-0.2, -0.15) is 0 Å². The highest BCUT2D eigenvalue weighted by Gasteiger charge is 2.03. The topological polar surface area (TPSA) is 49.8 Å². The summed E-state index contributed by atoms with van der Waals surface area (Å²) in [6.07, 6.45) is 6.47. The first kappa shape index (κ1) is 10.4. The highest BCUT2D eigenvalue weighted by atomic mass is 35.5. The van der Waals surface area contributed by atoms with Crippen molar-refractivity contribution in [2.24, 2.45) is 0 Å². The average molecular weight is 225 g/mol. The van der Waals surface area contributed by atoms with Gasteiger partial charge < -0.3 is 10.6 Å². The van der Waals surface area contributed by atoms with Crippen LogP contribution in [0.4, 0.5) is 5.95 Å². The van der Waals surface area contributed by atoms with E-state index >= 15 is 0 Å². The Labute approximate surface area is 93.8 Å². The van der Waals surface area contributed by atoms with Gasteiger partial charge in [0.2, 0.25) is 5.95 Å². The van der Waals surface area contributed by atoms with E-state index in [0.29, 0.717) is 11.0 Å². The van der Waals surface area contributed by atoms with Gasteiger partial charge in [-0.25, -0.2) is 9.97 Å². The molecule has 0 fully saturated rings. The van der Waals surface area contributed by atoms with E-state index in [1.54, 1.807) is 12.4 Å². The molecule has 0 aromatic carbocycles. The van der Waals surface area contributed by atoms with Gasteiger partial charge in [0.15, 0.2) is 0 Å². The zero-order valence-corrected chi connectivity index (χ0v) is 9.09. The van der Waals surface area contributed by atoms with Crippen molar-refractivity contribution < 1.29 is 0 Å². The van der Waals surface area contributed by atoms with Crippen molar-refractivity contribution in [2.45, 2.75) is 6.42 Å². The fourth-order valence-corrected chi connectivity index (χ4v) is 1.52. The predicted molar refractivity (Wildman–Crippen MR) is 61.1 cm³/mol. The molecule has 0 spiro atoms. The molecule has 0 amide bonds. The summed E-state index contributed by atoms with van der Waals surface area (Å²) in [5.74, 6) is 0.624. The Hall–Kier alpha value is -1.13. The molecule has 2 rings (SSSR count). The van der Waals surface area contributed by atoms with Gasteiger partial charge in [0.05, 0.1) is 17.4 Å². The number of nitrogens with one attached hydrogen (secondary N) is 2. The molecule has 1 aliphatic heterocycles. The van der Waals surface area contributed by atoms with Crippen LogP contribution in [-0.4, -0.2) is 29.6 Å². The van der Waals surface area contributed by atoms with Gasteiger partial charge in [-0.15, -0.1) is 0 Å². The molecule has 4 nitrogen and oxygen atoms in total. The van der Waals surface area contributed by atoms with Gasteiger partial charge in [-0.3, -0.25) is 0 Å². The Morgan fingerprint density at radius 2 is 2.20 bits per heavy atom. The molecule has 1 aromatic heterocycles. The van der Waals surface area contributed by atoms with Gasteiger partial charge >= 0.3 is 0 Å². The predicted octanol–water partition coefficient (Wildman–Crippen LogP) is 1.46. The van der Waals surface area contributed by atoms with E-state index in [2.05, 4.69) is 26.7 Å². The van der Waals surface area contributed by atoms with Gasteiger partial charge in [-0.05, 0) is 13.0 Å². The smallest absolute Gasteiger partial charge is 0.222 e. The molecule has 0 atom stereocenters. The standard InChI is InChI=1S/C10H13ClN4/c11-9-6-14-10(15-7-9)13-5-8-1-3-12-4-2-8/h1,6-7,12H,2-5H2,(H,13,14,15). The second-order valence-corrected chi connectivity index (χ2v) is 3.83. The van der Waals surface area contributed by atoms with Crippen LogP contribution in [-0.2, 0) is 0 Å². The lowest BCUT2D eigenvalue weighted by molar-refractivity contribution is 0.697. The van der Waals surface area contributed by atoms with Gasteiger partial charge in [-0.1, -0.05) is 23.3 Å². The normalized spacial score (nSPS) is 15.9. The lowest BCUT2D eigenvalue weighted by Gasteiger charge is -2.14. The first-order valence-corrected chi connectivity index (χ1v) is 5.32. The molecule has 0 aliphatic carbocycles. The molecular weight excluding hydrogens is 212 g/mol. The quantitative estimate of drug-likeness (QED) is 0.764. The van der Waals surface area contributed by atoms with Crippen LogP contribution in [0.25, 0.3) is 0 Å². The summed E-state index contributed by atoms with van der Waals surface area (Å²) in [5.41, 5.74) is 1.40. The van der Waals surface area contributed by atoms with Crippen molar-refractivity contribution in [3.8, 4) is 0 Å². The van der Waals surface area contributed by atoms with Crippen molar-refractivity contribution in [1.29, 1.82) is 0 Å². The van der Waals surface area contributed by atoms with Gasteiger partial charge in [0, 0.05) is 13.1 Å². The molecule has 1 aromatic rings. The average Bonchev–Trinajstić information content (AvgIpc) is 2.30. The zero-order valence-electron chi connectivity index (χ0n) is 8.33. The van der Waals surface area contributed by atoms with Crippen LogP contribution in [0.5, 0.6) is 0 Å². The number of anilines is 1. The minimum absolute atomic E-state index is 0.557. The van der Waals surface area contributed by atoms with Crippen LogP contribution in [0.1, 0.15) is 6.42 Å². The van der Waals surface area contributed by atoms with E-state index in [1.165, 1.54) is 5.57 Å². The summed E-state index contributed by atoms with van der Waals surface area (Å²) >= 11 is 5.69. The van der Waals surface area contributed by atoms with Crippen LogP contribution >= 0.6 is 11.6 Å². The number of hydrogen-bond acceptors (Lipinski definition) is 4. The maximum absolute atomic E-state index is 5.69. The molecule has 0 unspecified atom stereocenters. The van der Waals surface area contributed by atoms with E-state index in [1.807, 2.05) is 0 Å². The summed E-state index contributed by atoms with van der Waals surface area (Å²) < 4.78 is 0. The van der Waals surface area contributed by atoms with Gasteiger partial charge in [0.25, 0.3) is 0 Å². The van der Waals surface area contributed by atoms with E-state index in [-0.39, 0.29) is 0 Å². The first-order chi connectivity index (χ1) is 7.34. The highest BCUT2D eigenvalue weighted by molar-refractivity contribution is 6.30. The van der Waals surface area contributed by atoms with Crippen LogP contribution in [0, 0.1) is 0 Å². The second kappa shape index (κ2) is 5.09. The maximum atomic E-state index is 5.69. The lowest BCUT2D eigenvalue weighted by Crippen LogP contribution is -2.23. The first-order valence-electron chi connectivity index (χ1n) is 4.94. The van der Waals surface area contributed by atoms with Crippen molar-refractivity contribution >= 4 is 17.5 Å². The lowest BCUT2D eigenvalue weighted by atomic mass is 10.1. The van der Waals surface area contributed by atoms with Crippen LogP contribution in [0.3, 0.4) is 0 Å². The molecule has 0 saturated heterocycles. The number of halogens is 1. The van der Waals surface area contributed by atoms with E-state index in [9.17, 15) is 0 Å². The molecule has 0 bridgehead atoms. The van der Waals surface area contributed by atoms with Crippen LogP contribution in [0.2, 0.25) is 5.02 Å². The molecule has 15 heavy (non-hydrogen) atoms. The minimum Gasteiger partial charge on any atom is -0.350 e. The molecule has 0 saturated carbocycles. The Bertz CT molecular complexity index is 347. The Balaban J connectivity index is 1.87. The maximum Gasteiger partial charge on any atom is 0.222 e. The summed E-state index contributed by atoms with van der Waals surface area (Å²) in [5, 5.41) is 6.99. The molecule has 5 heteroatoms. The molecule has 1 aliphatic rings. The second-order valence-electron chi connectivity index (χ2n) is 3.39. The molecule has 2 N–H and O–H groups in total. The fourth-order valence-electron chi connectivity index (χ4n) is 1.43. The third-order valence-electron chi connectivity index (χ3n) is 2.25. The summed E-state index contributed by atoms with van der Waals surface area (Å²) in [6.45, 7) is 2.82. The number of nitrogens with zero attached hydrogens (tertiary/aromatic N) is 2. The van der Waals surface area contributed by atoms with Crippen molar-refractivity contribution in [1.82, 2.24) is 15.3 Å². The number of rotatable bonds is 3. The Morgan fingerprint density at radius 1 is 1.40 bits per heavy atom. The summed E-state index contributed by atoms with van der Waals surface area (Å²) in [7, 11) is 0. The third-order valence-corrected chi connectivity index (χ3v) is 2.45. The highest BCUT2D eigenvalue weighted by Crippen LogP contribution is 2.08. The van der Waals surface area contributed by atoms with E-state index < -0.39 is 0 Å². The number of hydrogen-bond donors (Lipinski definition) is 2. The van der Waals surface area contributed by atoms with E-state index in [4.69, 9.17) is 11.6 Å². The van der Waals surface area contributed by atoms with Crippen LogP contribution < -0.4 is 10.6 Å². The number of aromatic nitrogens is 2. The fraction of sp³-hybridized carbons (Fsp3) is 0.400. The third kappa shape index (κ3) is 3.18. The Kier molecular flexibility index (Phi) is 3.53. The molecule has 80 valence electrons. The zero-order chi connectivity index (χ0) is 10.5. The van der Waals surface area contributed by atoms with Gasteiger partial charge in [0.1, 0.15) is 0 Å². The molecule has 0 radical (unpaired) electrons. The Morgan fingerprint density at radius 3 is 2.87 bits per heavy atom. The van der Waals surface area contributed by atoms with Crippen molar-refractivity contribution in [2.75, 3.05) is 25.0 Å². The van der Waals surface area contributed by atoms with Crippen LogP contribution in [0.15, 0.2) is 24.0 Å². The van der Waals surface area contributed by atoms with E-state index in [0.717, 1.165) is 26.1 Å². The molecular formula is C10H13ClN4. The summed E-state index contributed by atoms with van der Waals surface area (Å²) in [4.78, 5) is 8.13.